The zero-order valence-corrected chi connectivity index (χ0v) is 12.7. The fraction of sp³-hybridized carbons (Fsp3) is 0.600. The van der Waals surface area contributed by atoms with Crippen molar-refractivity contribution in [3.05, 3.63) is 23.5 Å². The number of carbonyl (C=O) groups excluding carboxylic acids is 1. The van der Waals surface area contributed by atoms with Crippen LogP contribution in [-0.2, 0) is 9.53 Å². The van der Waals surface area contributed by atoms with E-state index in [0.29, 0.717) is 19.2 Å². The Kier molecular flexibility index (Phi) is 4.60. The summed E-state index contributed by atoms with van der Waals surface area (Å²) in [5.74, 6) is 0.120. The van der Waals surface area contributed by atoms with Gasteiger partial charge in [0.1, 0.15) is 0 Å². The zero-order chi connectivity index (χ0) is 14.7. The van der Waals surface area contributed by atoms with Gasteiger partial charge < -0.3 is 9.64 Å². The maximum absolute atomic E-state index is 11.6. The molecule has 1 aromatic rings. The second-order valence-electron chi connectivity index (χ2n) is 5.46. The fourth-order valence-corrected chi connectivity index (χ4v) is 2.68. The monoisotopic (exact) mass is 277 g/mol. The molecule has 110 valence electrons. The first-order valence-electron chi connectivity index (χ1n) is 7.03. The number of methoxy groups -OCH3 is 1. The lowest BCUT2D eigenvalue weighted by atomic mass is 9.97. The van der Waals surface area contributed by atoms with Crippen molar-refractivity contribution in [1.82, 2.24) is 14.7 Å². The first-order valence-corrected chi connectivity index (χ1v) is 7.03. The van der Waals surface area contributed by atoms with E-state index in [4.69, 9.17) is 4.74 Å². The Morgan fingerprint density at radius 2 is 2.25 bits per heavy atom. The zero-order valence-electron chi connectivity index (χ0n) is 12.7. The molecule has 2 rings (SSSR count). The number of carbonyl (C=O) groups is 1. The van der Waals surface area contributed by atoms with Crippen LogP contribution in [0.25, 0.3) is 5.57 Å². The molecule has 0 radical (unpaired) electrons. The summed E-state index contributed by atoms with van der Waals surface area (Å²) in [5, 5.41) is 4.40. The number of aromatic nitrogens is 2. The fourth-order valence-electron chi connectivity index (χ4n) is 2.68. The minimum atomic E-state index is 0.120. The summed E-state index contributed by atoms with van der Waals surface area (Å²) < 4.78 is 7.35. The third kappa shape index (κ3) is 2.93. The molecule has 20 heavy (non-hydrogen) atoms. The van der Waals surface area contributed by atoms with Crippen LogP contribution >= 0.6 is 0 Å². The smallest absolute Gasteiger partial charge is 0.219 e. The van der Waals surface area contributed by atoms with Crippen LogP contribution in [0.15, 0.2) is 17.8 Å². The van der Waals surface area contributed by atoms with Crippen LogP contribution in [0.1, 0.15) is 38.9 Å². The van der Waals surface area contributed by atoms with Crippen LogP contribution in [0, 0.1) is 0 Å². The van der Waals surface area contributed by atoms with Gasteiger partial charge in [0.2, 0.25) is 5.91 Å². The summed E-state index contributed by atoms with van der Waals surface area (Å²) in [4.78, 5) is 13.4. The van der Waals surface area contributed by atoms with E-state index in [1.165, 1.54) is 11.1 Å². The van der Waals surface area contributed by atoms with Crippen molar-refractivity contribution in [1.29, 1.82) is 0 Å². The summed E-state index contributed by atoms with van der Waals surface area (Å²) in [7, 11) is 1.69. The maximum Gasteiger partial charge on any atom is 0.219 e. The molecule has 0 atom stereocenters. The lowest BCUT2D eigenvalue weighted by molar-refractivity contribution is -0.128. The van der Waals surface area contributed by atoms with E-state index in [1.807, 2.05) is 15.8 Å². The van der Waals surface area contributed by atoms with E-state index in [9.17, 15) is 4.79 Å². The van der Waals surface area contributed by atoms with Crippen LogP contribution in [0.4, 0.5) is 0 Å². The summed E-state index contributed by atoms with van der Waals surface area (Å²) in [6.45, 7) is 7.84. The van der Waals surface area contributed by atoms with Crippen LogP contribution in [0.2, 0.25) is 0 Å². The molecule has 1 aliphatic heterocycles. The average Bonchev–Trinajstić information content (AvgIpc) is 2.88. The maximum atomic E-state index is 11.6. The van der Waals surface area contributed by atoms with Gasteiger partial charge in [-0.2, -0.15) is 5.10 Å². The topological polar surface area (TPSA) is 47.4 Å². The summed E-state index contributed by atoms with van der Waals surface area (Å²) in [6.07, 6.45) is 2.70. The largest absolute Gasteiger partial charge is 0.380 e. The molecule has 5 heteroatoms. The van der Waals surface area contributed by atoms with E-state index in [1.54, 1.807) is 14.0 Å². The molecule has 0 N–H and O–H groups in total. The highest BCUT2D eigenvalue weighted by Crippen LogP contribution is 2.29. The molecular formula is C15H23N3O2. The Hall–Kier alpha value is -1.62. The molecule has 0 spiro atoms. The van der Waals surface area contributed by atoms with E-state index in [-0.39, 0.29) is 5.91 Å². The first-order chi connectivity index (χ1) is 9.54. The molecule has 1 aromatic heterocycles. The number of hydrogen-bond acceptors (Lipinski definition) is 3. The average molecular weight is 277 g/mol. The van der Waals surface area contributed by atoms with Gasteiger partial charge in [-0.25, -0.2) is 0 Å². The van der Waals surface area contributed by atoms with Gasteiger partial charge in [0.05, 0.1) is 12.3 Å². The van der Waals surface area contributed by atoms with Gasteiger partial charge in [-0.05, 0) is 37.5 Å². The van der Waals surface area contributed by atoms with E-state index >= 15 is 0 Å². The molecule has 0 saturated heterocycles. The SMILES string of the molecule is COCC1=C(c2ccnn2C(C)C)CCN(C(C)=O)C1. The molecule has 0 bridgehead atoms. The molecule has 0 aromatic carbocycles. The van der Waals surface area contributed by atoms with E-state index < -0.39 is 0 Å². The van der Waals surface area contributed by atoms with Crippen molar-refractivity contribution in [2.45, 2.75) is 33.2 Å². The number of rotatable bonds is 4. The molecule has 0 fully saturated rings. The number of hydrogen-bond donors (Lipinski definition) is 0. The van der Waals surface area contributed by atoms with Gasteiger partial charge in [0.25, 0.3) is 0 Å². The minimum Gasteiger partial charge on any atom is -0.380 e. The van der Waals surface area contributed by atoms with Crippen molar-refractivity contribution in [3.63, 3.8) is 0 Å². The normalized spacial score (nSPS) is 16.1. The molecule has 0 saturated carbocycles. The summed E-state index contributed by atoms with van der Waals surface area (Å²) in [6, 6.07) is 2.37. The van der Waals surface area contributed by atoms with Crippen LogP contribution in [0.3, 0.4) is 0 Å². The minimum absolute atomic E-state index is 0.120. The van der Waals surface area contributed by atoms with Crippen LogP contribution < -0.4 is 0 Å². The van der Waals surface area contributed by atoms with Crippen molar-refractivity contribution < 1.29 is 9.53 Å². The highest BCUT2D eigenvalue weighted by atomic mass is 16.5. The van der Waals surface area contributed by atoms with Crippen molar-refractivity contribution >= 4 is 11.5 Å². The Bertz CT molecular complexity index is 517. The lowest BCUT2D eigenvalue weighted by Crippen LogP contribution is -2.36. The van der Waals surface area contributed by atoms with Crippen LogP contribution in [-0.4, -0.2) is 47.4 Å². The Balaban J connectivity index is 2.37. The molecule has 0 aliphatic carbocycles. The second-order valence-corrected chi connectivity index (χ2v) is 5.46. The molecule has 5 nitrogen and oxygen atoms in total. The third-order valence-electron chi connectivity index (χ3n) is 3.67. The lowest BCUT2D eigenvalue weighted by Gasteiger charge is -2.30. The molecule has 1 aliphatic rings. The standard InChI is InChI=1S/C15H23N3O2/c1-11(2)18-15(5-7-16-18)14-6-8-17(12(3)19)9-13(14)10-20-4/h5,7,11H,6,8-10H2,1-4H3. The van der Waals surface area contributed by atoms with Crippen molar-refractivity contribution in [3.8, 4) is 0 Å². The molecular weight excluding hydrogens is 254 g/mol. The van der Waals surface area contributed by atoms with Gasteiger partial charge in [-0.3, -0.25) is 9.48 Å². The first kappa shape index (κ1) is 14.8. The van der Waals surface area contributed by atoms with Gasteiger partial charge in [0, 0.05) is 39.4 Å². The molecule has 2 heterocycles. The number of nitrogens with zero attached hydrogens (tertiary/aromatic N) is 3. The molecule has 1 amide bonds. The van der Waals surface area contributed by atoms with E-state index in [2.05, 4.69) is 25.0 Å². The predicted octanol–water partition coefficient (Wildman–Crippen LogP) is 2.12. The highest BCUT2D eigenvalue weighted by molar-refractivity contribution is 5.76. The predicted molar refractivity (Wildman–Crippen MR) is 78.3 cm³/mol. The van der Waals surface area contributed by atoms with Gasteiger partial charge in [0.15, 0.2) is 0 Å². The van der Waals surface area contributed by atoms with Crippen LogP contribution in [0.5, 0.6) is 0 Å². The van der Waals surface area contributed by atoms with E-state index in [0.717, 1.165) is 18.7 Å². The number of ether oxygens (including phenoxy) is 1. The quantitative estimate of drug-likeness (QED) is 0.847. The summed E-state index contributed by atoms with van der Waals surface area (Å²) >= 11 is 0. The Morgan fingerprint density at radius 3 is 2.85 bits per heavy atom. The Labute approximate surface area is 120 Å². The highest BCUT2D eigenvalue weighted by Gasteiger charge is 2.23. The Morgan fingerprint density at radius 1 is 1.50 bits per heavy atom. The van der Waals surface area contributed by atoms with Crippen molar-refractivity contribution in [2.24, 2.45) is 0 Å². The second kappa shape index (κ2) is 6.22. The van der Waals surface area contributed by atoms with Gasteiger partial charge in [-0.1, -0.05) is 0 Å². The third-order valence-corrected chi connectivity index (χ3v) is 3.67. The summed E-state index contributed by atoms with van der Waals surface area (Å²) in [5.41, 5.74) is 3.60. The van der Waals surface area contributed by atoms with Gasteiger partial charge >= 0.3 is 0 Å². The molecule has 0 unspecified atom stereocenters. The van der Waals surface area contributed by atoms with Crippen molar-refractivity contribution in [2.75, 3.05) is 26.8 Å². The number of amides is 1. The van der Waals surface area contributed by atoms with Gasteiger partial charge in [-0.15, -0.1) is 0 Å².